The van der Waals surface area contributed by atoms with E-state index in [-0.39, 0.29) is 5.91 Å². The van der Waals surface area contributed by atoms with Crippen LogP contribution in [-0.2, 0) is 16.4 Å². The Kier molecular flexibility index (Phi) is 5.57. The molecule has 27 heavy (non-hydrogen) atoms. The molecule has 0 radical (unpaired) electrons. The Morgan fingerprint density at radius 1 is 1.15 bits per heavy atom. The number of anilines is 1. The van der Waals surface area contributed by atoms with Crippen molar-refractivity contribution in [2.24, 2.45) is 0 Å². The molecule has 10 heteroatoms. The molecule has 0 atom stereocenters. The van der Waals surface area contributed by atoms with E-state index < -0.39 is 10.0 Å². The number of sulfonamides is 1. The summed E-state index contributed by atoms with van der Waals surface area (Å²) < 4.78 is 26.1. The van der Waals surface area contributed by atoms with Gasteiger partial charge < -0.3 is 5.32 Å². The Morgan fingerprint density at radius 2 is 1.93 bits per heavy atom. The van der Waals surface area contributed by atoms with Gasteiger partial charge in [-0.3, -0.25) is 4.79 Å². The van der Waals surface area contributed by atoms with Crippen molar-refractivity contribution in [2.45, 2.75) is 6.42 Å². The molecule has 2 N–H and O–H groups in total. The van der Waals surface area contributed by atoms with E-state index in [1.165, 1.54) is 11.0 Å². The summed E-state index contributed by atoms with van der Waals surface area (Å²) in [6.07, 6.45) is 3.13. The van der Waals surface area contributed by atoms with Crippen LogP contribution in [0, 0.1) is 0 Å². The summed E-state index contributed by atoms with van der Waals surface area (Å²) in [6.45, 7) is 0.314. The van der Waals surface area contributed by atoms with E-state index in [2.05, 4.69) is 25.6 Å². The summed E-state index contributed by atoms with van der Waals surface area (Å²) in [5.74, 6) is -0.246. The van der Waals surface area contributed by atoms with Crippen LogP contribution in [-0.4, -0.2) is 47.3 Å². The minimum Gasteiger partial charge on any atom is -0.322 e. The second-order valence-electron chi connectivity index (χ2n) is 5.87. The van der Waals surface area contributed by atoms with Gasteiger partial charge in [-0.2, -0.15) is 0 Å². The molecule has 0 unspecified atom stereocenters. The van der Waals surface area contributed by atoms with Crippen molar-refractivity contribution in [2.75, 3.05) is 18.1 Å². The second-order valence-corrected chi connectivity index (χ2v) is 7.71. The monoisotopic (exact) mass is 386 g/mol. The van der Waals surface area contributed by atoms with Crippen molar-refractivity contribution >= 4 is 21.6 Å². The molecule has 1 aromatic heterocycles. The molecule has 0 bridgehead atoms. The van der Waals surface area contributed by atoms with Gasteiger partial charge in [-0.05, 0) is 52.7 Å². The van der Waals surface area contributed by atoms with E-state index in [0.717, 1.165) is 17.5 Å². The second kappa shape index (κ2) is 8.06. The number of nitrogens with one attached hydrogen (secondary N) is 2. The van der Waals surface area contributed by atoms with E-state index in [1.54, 1.807) is 42.5 Å². The van der Waals surface area contributed by atoms with Gasteiger partial charge in [0.1, 0.15) is 6.33 Å². The maximum absolute atomic E-state index is 12.4. The first kappa shape index (κ1) is 18.7. The summed E-state index contributed by atoms with van der Waals surface area (Å²) in [5.41, 5.74) is 2.78. The minimum atomic E-state index is -3.20. The van der Waals surface area contributed by atoms with E-state index in [1.807, 2.05) is 6.07 Å². The number of aromatic nitrogens is 4. The van der Waals surface area contributed by atoms with Crippen LogP contribution in [0.2, 0.25) is 0 Å². The lowest BCUT2D eigenvalue weighted by atomic mass is 10.1. The van der Waals surface area contributed by atoms with Crippen molar-refractivity contribution in [1.29, 1.82) is 0 Å². The molecule has 2 aromatic carbocycles. The molecule has 140 valence electrons. The van der Waals surface area contributed by atoms with Gasteiger partial charge in [0.15, 0.2) is 0 Å². The summed E-state index contributed by atoms with van der Waals surface area (Å²) in [5, 5.41) is 13.8. The molecule has 0 saturated carbocycles. The van der Waals surface area contributed by atoms with Crippen molar-refractivity contribution in [3.8, 4) is 5.69 Å². The molecular formula is C17H18N6O3S. The van der Waals surface area contributed by atoms with E-state index in [9.17, 15) is 13.2 Å². The number of rotatable bonds is 7. The third-order valence-corrected chi connectivity index (χ3v) is 4.44. The highest BCUT2D eigenvalue weighted by Crippen LogP contribution is 2.15. The lowest BCUT2D eigenvalue weighted by molar-refractivity contribution is 0.102. The SMILES string of the molecule is CS(=O)(=O)NCCc1ccc(C(=O)Nc2cccc(-n3cnnn3)c2)cc1. The first-order chi connectivity index (χ1) is 12.9. The number of carbonyl (C=O) groups is 1. The molecule has 0 aliphatic rings. The quantitative estimate of drug-likeness (QED) is 0.625. The van der Waals surface area contributed by atoms with Gasteiger partial charge in [-0.25, -0.2) is 17.8 Å². The number of nitrogens with zero attached hydrogens (tertiary/aromatic N) is 4. The molecule has 1 amide bonds. The molecule has 9 nitrogen and oxygen atoms in total. The molecule has 0 spiro atoms. The zero-order chi connectivity index (χ0) is 19.3. The Hall–Kier alpha value is -3.11. The van der Waals surface area contributed by atoms with E-state index in [0.29, 0.717) is 24.2 Å². The molecule has 0 aliphatic heterocycles. The molecular weight excluding hydrogens is 368 g/mol. The first-order valence-corrected chi connectivity index (χ1v) is 9.98. The lowest BCUT2D eigenvalue weighted by Gasteiger charge is -2.08. The van der Waals surface area contributed by atoms with E-state index in [4.69, 9.17) is 0 Å². The summed E-state index contributed by atoms with van der Waals surface area (Å²) in [6, 6.07) is 14.2. The summed E-state index contributed by atoms with van der Waals surface area (Å²) >= 11 is 0. The standard InChI is InChI=1S/C17H18N6O3S/c1-27(25,26)19-10-9-13-5-7-14(8-6-13)17(24)20-15-3-2-4-16(11-15)23-12-18-21-22-23/h2-8,11-12,19H,9-10H2,1H3,(H,20,24). The predicted molar refractivity (Wildman–Crippen MR) is 100 cm³/mol. The number of tetrazole rings is 1. The van der Waals surface area contributed by atoms with Crippen LogP contribution in [0.3, 0.4) is 0 Å². The third-order valence-electron chi connectivity index (χ3n) is 3.71. The number of benzene rings is 2. The highest BCUT2D eigenvalue weighted by Gasteiger charge is 2.08. The Bertz CT molecular complexity index is 1020. The van der Waals surface area contributed by atoms with Crippen LogP contribution in [0.25, 0.3) is 5.69 Å². The molecule has 0 saturated heterocycles. The predicted octanol–water partition coefficient (Wildman–Crippen LogP) is 1.01. The van der Waals surface area contributed by atoms with Crippen molar-refractivity contribution < 1.29 is 13.2 Å². The minimum absolute atomic E-state index is 0.246. The fraction of sp³-hybridized carbons (Fsp3) is 0.176. The Labute approximate surface area is 156 Å². The fourth-order valence-corrected chi connectivity index (χ4v) is 2.89. The van der Waals surface area contributed by atoms with Crippen LogP contribution in [0.15, 0.2) is 54.9 Å². The number of hydrogen-bond donors (Lipinski definition) is 2. The van der Waals surface area contributed by atoms with Gasteiger partial charge in [-0.15, -0.1) is 5.10 Å². The maximum atomic E-state index is 12.4. The molecule has 3 aromatic rings. The van der Waals surface area contributed by atoms with Crippen LogP contribution < -0.4 is 10.0 Å². The van der Waals surface area contributed by atoms with Gasteiger partial charge in [0, 0.05) is 17.8 Å². The van der Waals surface area contributed by atoms with Crippen LogP contribution in [0.5, 0.6) is 0 Å². The number of carbonyl (C=O) groups excluding carboxylic acids is 1. The highest BCUT2D eigenvalue weighted by atomic mass is 32.2. The zero-order valence-electron chi connectivity index (χ0n) is 14.5. The Balaban J connectivity index is 1.62. The average Bonchev–Trinajstić information content (AvgIpc) is 3.16. The smallest absolute Gasteiger partial charge is 0.255 e. The molecule has 1 heterocycles. The van der Waals surface area contributed by atoms with Gasteiger partial charge >= 0.3 is 0 Å². The van der Waals surface area contributed by atoms with Gasteiger partial charge in [0.05, 0.1) is 11.9 Å². The van der Waals surface area contributed by atoms with Crippen molar-refractivity contribution in [1.82, 2.24) is 24.9 Å². The van der Waals surface area contributed by atoms with Crippen LogP contribution in [0.4, 0.5) is 5.69 Å². The zero-order valence-corrected chi connectivity index (χ0v) is 15.3. The number of hydrogen-bond acceptors (Lipinski definition) is 6. The maximum Gasteiger partial charge on any atom is 0.255 e. The Morgan fingerprint density at radius 3 is 2.59 bits per heavy atom. The normalized spacial score (nSPS) is 11.3. The van der Waals surface area contributed by atoms with Crippen LogP contribution >= 0.6 is 0 Å². The average molecular weight is 386 g/mol. The van der Waals surface area contributed by atoms with Crippen molar-refractivity contribution in [3.63, 3.8) is 0 Å². The fourth-order valence-electron chi connectivity index (χ4n) is 2.41. The first-order valence-electron chi connectivity index (χ1n) is 8.09. The molecule has 3 rings (SSSR count). The number of amides is 1. The lowest BCUT2D eigenvalue weighted by Crippen LogP contribution is -2.24. The van der Waals surface area contributed by atoms with E-state index >= 15 is 0 Å². The van der Waals surface area contributed by atoms with Crippen molar-refractivity contribution in [3.05, 3.63) is 66.0 Å². The van der Waals surface area contributed by atoms with Gasteiger partial charge in [0.25, 0.3) is 5.91 Å². The largest absolute Gasteiger partial charge is 0.322 e. The highest BCUT2D eigenvalue weighted by molar-refractivity contribution is 7.88. The third kappa shape index (κ3) is 5.43. The summed E-state index contributed by atoms with van der Waals surface area (Å²) in [7, 11) is -3.20. The van der Waals surface area contributed by atoms with Gasteiger partial charge in [-0.1, -0.05) is 18.2 Å². The molecule has 0 fully saturated rings. The topological polar surface area (TPSA) is 119 Å². The van der Waals surface area contributed by atoms with Gasteiger partial charge in [0.2, 0.25) is 10.0 Å². The van der Waals surface area contributed by atoms with Crippen LogP contribution in [0.1, 0.15) is 15.9 Å². The molecule has 0 aliphatic carbocycles. The summed E-state index contributed by atoms with van der Waals surface area (Å²) in [4.78, 5) is 12.4.